The molecular formula is C12H25N5O2S. The van der Waals surface area contributed by atoms with E-state index in [0.717, 1.165) is 13.0 Å². The molecule has 0 unspecified atom stereocenters. The Bertz CT molecular complexity index is 536. The summed E-state index contributed by atoms with van der Waals surface area (Å²) >= 11 is 0. The Kier molecular flexibility index (Phi) is 6.12. The zero-order chi connectivity index (χ0) is 15.3. The Balaban J connectivity index is 2.82. The molecule has 1 heterocycles. The van der Waals surface area contributed by atoms with Crippen molar-refractivity contribution >= 4 is 10.0 Å². The summed E-state index contributed by atoms with van der Waals surface area (Å²) in [5, 5.41) is 4.23. The molecule has 1 aromatic heterocycles. The van der Waals surface area contributed by atoms with Crippen molar-refractivity contribution in [2.24, 2.45) is 5.73 Å². The van der Waals surface area contributed by atoms with Crippen LogP contribution in [0.3, 0.4) is 0 Å². The minimum absolute atomic E-state index is 0.274. The summed E-state index contributed by atoms with van der Waals surface area (Å²) in [5.74, 6) is 0. The molecule has 3 N–H and O–H groups in total. The van der Waals surface area contributed by atoms with Crippen molar-refractivity contribution < 1.29 is 8.42 Å². The zero-order valence-electron chi connectivity index (χ0n) is 12.7. The van der Waals surface area contributed by atoms with Gasteiger partial charge in [-0.3, -0.25) is 4.68 Å². The van der Waals surface area contributed by atoms with Gasteiger partial charge in [0.15, 0.2) is 0 Å². The molecule has 0 radical (unpaired) electrons. The minimum Gasteiger partial charge on any atom is -0.329 e. The first-order valence-electron chi connectivity index (χ1n) is 6.68. The molecule has 0 saturated carbocycles. The van der Waals surface area contributed by atoms with Gasteiger partial charge >= 0.3 is 0 Å². The summed E-state index contributed by atoms with van der Waals surface area (Å²) in [4.78, 5) is 2.29. The van der Waals surface area contributed by atoms with Crippen molar-refractivity contribution in [1.82, 2.24) is 19.4 Å². The second-order valence-electron chi connectivity index (χ2n) is 5.07. The monoisotopic (exact) mass is 303 g/mol. The van der Waals surface area contributed by atoms with Crippen molar-refractivity contribution in [3.05, 3.63) is 11.4 Å². The smallest absolute Gasteiger partial charge is 0.244 e. The van der Waals surface area contributed by atoms with E-state index in [1.807, 2.05) is 19.0 Å². The van der Waals surface area contributed by atoms with E-state index in [0.29, 0.717) is 31.0 Å². The van der Waals surface area contributed by atoms with Crippen LogP contribution in [0.5, 0.6) is 0 Å². The van der Waals surface area contributed by atoms with Crippen LogP contribution in [-0.2, 0) is 16.6 Å². The van der Waals surface area contributed by atoms with E-state index in [1.165, 1.54) is 0 Å². The maximum absolute atomic E-state index is 12.3. The normalized spacial score (nSPS) is 12.3. The van der Waals surface area contributed by atoms with Gasteiger partial charge in [0, 0.05) is 13.1 Å². The molecule has 0 spiro atoms. The molecule has 0 aromatic carbocycles. The third-order valence-corrected chi connectivity index (χ3v) is 4.71. The molecule has 0 aliphatic carbocycles. The Morgan fingerprint density at radius 2 is 2.00 bits per heavy atom. The lowest BCUT2D eigenvalue weighted by Gasteiger charge is -2.10. The fourth-order valence-corrected chi connectivity index (χ4v) is 3.56. The first kappa shape index (κ1) is 17.1. The fourth-order valence-electron chi connectivity index (χ4n) is 2.08. The van der Waals surface area contributed by atoms with Gasteiger partial charge in [-0.05, 0) is 40.9 Å². The van der Waals surface area contributed by atoms with E-state index in [2.05, 4.69) is 9.82 Å². The van der Waals surface area contributed by atoms with Crippen LogP contribution in [0.25, 0.3) is 0 Å². The number of hydrogen-bond donors (Lipinski definition) is 2. The molecule has 0 aliphatic rings. The van der Waals surface area contributed by atoms with Crippen molar-refractivity contribution in [1.29, 1.82) is 0 Å². The average Bonchev–Trinajstić information content (AvgIpc) is 2.61. The van der Waals surface area contributed by atoms with Gasteiger partial charge in [-0.1, -0.05) is 0 Å². The number of aromatic nitrogens is 2. The largest absolute Gasteiger partial charge is 0.329 e. The maximum atomic E-state index is 12.3. The first-order chi connectivity index (χ1) is 9.29. The number of rotatable bonds is 8. The van der Waals surface area contributed by atoms with Gasteiger partial charge in [0.1, 0.15) is 4.90 Å². The highest BCUT2D eigenvalue weighted by Gasteiger charge is 2.23. The molecule has 1 rings (SSSR count). The van der Waals surface area contributed by atoms with Crippen LogP contribution >= 0.6 is 0 Å². The minimum atomic E-state index is -3.51. The van der Waals surface area contributed by atoms with Crippen LogP contribution in [0.4, 0.5) is 0 Å². The molecule has 8 heteroatoms. The molecule has 0 atom stereocenters. The van der Waals surface area contributed by atoms with Gasteiger partial charge < -0.3 is 10.6 Å². The molecule has 0 aliphatic heterocycles. The summed E-state index contributed by atoms with van der Waals surface area (Å²) in [6, 6.07) is 0. The van der Waals surface area contributed by atoms with Crippen molar-refractivity contribution in [3.63, 3.8) is 0 Å². The highest BCUT2D eigenvalue weighted by atomic mass is 32.2. The van der Waals surface area contributed by atoms with Gasteiger partial charge in [-0.15, -0.1) is 0 Å². The molecule has 20 heavy (non-hydrogen) atoms. The molecule has 1 aromatic rings. The lowest BCUT2D eigenvalue weighted by Crippen LogP contribution is -2.28. The van der Waals surface area contributed by atoms with Crippen LogP contribution in [-0.4, -0.2) is 56.8 Å². The Hall–Kier alpha value is -0.960. The van der Waals surface area contributed by atoms with Crippen LogP contribution in [0.2, 0.25) is 0 Å². The topological polar surface area (TPSA) is 93.2 Å². The molecule has 7 nitrogen and oxygen atoms in total. The van der Waals surface area contributed by atoms with Crippen molar-refractivity contribution in [2.75, 3.05) is 33.7 Å². The third-order valence-electron chi connectivity index (χ3n) is 3.00. The van der Waals surface area contributed by atoms with Crippen LogP contribution in [0.1, 0.15) is 17.8 Å². The summed E-state index contributed by atoms with van der Waals surface area (Å²) in [6.45, 7) is 5.66. The number of nitrogens with zero attached hydrogens (tertiary/aromatic N) is 3. The van der Waals surface area contributed by atoms with E-state index in [9.17, 15) is 8.42 Å². The Labute approximate surface area is 121 Å². The van der Waals surface area contributed by atoms with Crippen molar-refractivity contribution in [2.45, 2.75) is 31.7 Å². The van der Waals surface area contributed by atoms with E-state index >= 15 is 0 Å². The van der Waals surface area contributed by atoms with E-state index < -0.39 is 10.0 Å². The van der Waals surface area contributed by atoms with Crippen molar-refractivity contribution in [3.8, 4) is 0 Å². The summed E-state index contributed by atoms with van der Waals surface area (Å²) in [5.41, 5.74) is 6.64. The first-order valence-corrected chi connectivity index (χ1v) is 8.16. The standard InChI is InChI=1S/C12H25N5O2S/c1-10-12(11(2)17(15-10)9-6-13)20(18,19)14-7-5-8-16(3)4/h14H,5-9,13H2,1-4H3. The lowest BCUT2D eigenvalue weighted by molar-refractivity contribution is 0.400. The molecule has 0 fully saturated rings. The quantitative estimate of drug-likeness (QED) is 0.643. The Morgan fingerprint density at radius 3 is 2.55 bits per heavy atom. The zero-order valence-corrected chi connectivity index (χ0v) is 13.5. The van der Waals surface area contributed by atoms with E-state index in [4.69, 9.17) is 5.73 Å². The average molecular weight is 303 g/mol. The molecular weight excluding hydrogens is 278 g/mol. The maximum Gasteiger partial charge on any atom is 0.244 e. The summed E-state index contributed by atoms with van der Waals surface area (Å²) < 4.78 is 28.9. The third kappa shape index (κ3) is 4.27. The van der Waals surface area contributed by atoms with Crippen LogP contribution in [0, 0.1) is 13.8 Å². The van der Waals surface area contributed by atoms with E-state index in [1.54, 1.807) is 18.5 Å². The van der Waals surface area contributed by atoms with Gasteiger partial charge in [-0.25, -0.2) is 13.1 Å². The van der Waals surface area contributed by atoms with Gasteiger partial charge in [0.25, 0.3) is 0 Å². The van der Waals surface area contributed by atoms with Crippen LogP contribution in [0.15, 0.2) is 4.90 Å². The SMILES string of the molecule is Cc1nn(CCN)c(C)c1S(=O)(=O)NCCCN(C)C. The fraction of sp³-hybridized carbons (Fsp3) is 0.750. The molecule has 0 amide bonds. The second kappa shape index (κ2) is 7.16. The highest BCUT2D eigenvalue weighted by Crippen LogP contribution is 2.18. The summed E-state index contributed by atoms with van der Waals surface area (Å²) in [7, 11) is 0.406. The van der Waals surface area contributed by atoms with Gasteiger partial charge in [0.05, 0.1) is 17.9 Å². The molecule has 0 bridgehead atoms. The Morgan fingerprint density at radius 1 is 1.35 bits per heavy atom. The number of nitrogens with one attached hydrogen (secondary N) is 1. The van der Waals surface area contributed by atoms with Gasteiger partial charge in [0.2, 0.25) is 10.0 Å². The molecule has 116 valence electrons. The second-order valence-corrected chi connectivity index (χ2v) is 6.77. The van der Waals surface area contributed by atoms with E-state index in [-0.39, 0.29) is 4.90 Å². The number of sulfonamides is 1. The predicted molar refractivity (Wildman–Crippen MR) is 79.1 cm³/mol. The predicted octanol–water partition coefficient (Wildman–Crippen LogP) is -0.311. The van der Waals surface area contributed by atoms with Gasteiger partial charge in [-0.2, -0.15) is 5.10 Å². The highest BCUT2D eigenvalue weighted by molar-refractivity contribution is 7.89. The number of hydrogen-bond acceptors (Lipinski definition) is 5. The molecule has 0 saturated heterocycles. The van der Waals surface area contributed by atoms with Crippen LogP contribution < -0.4 is 10.5 Å². The number of nitrogens with two attached hydrogens (primary N) is 1. The lowest BCUT2D eigenvalue weighted by atomic mass is 10.4. The summed E-state index contributed by atoms with van der Waals surface area (Å²) in [6.07, 6.45) is 0.765. The number of aryl methyl sites for hydroxylation is 1.